The van der Waals surface area contributed by atoms with Crippen molar-refractivity contribution in [2.45, 2.75) is 19.8 Å². The molecular formula is C18H20FNO2. The van der Waals surface area contributed by atoms with Crippen LogP contribution in [0.1, 0.15) is 18.1 Å². The first-order valence-electron chi connectivity index (χ1n) is 7.41. The van der Waals surface area contributed by atoms with Crippen LogP contribution in [0, 0.1) is 5.82 Å². The first-order chi connectivity index (χ1) is 10.7. The number of hydrogen-bond donors (Lipinski definition) is 1. The van der Waals surface area contributed by atoms with Crippen LogP contribution in [-0.4, -0.2) is 19.1 Å². The summed E-state index contributed by atoms with van der Waals surface area (Å²) in [5.41, 5.74) is 1.54. The van der Waals surface area contributed by atoms with Crippen molar-refractivity contribution in [3.63, 3.8) is 0 Å². The van der Waals surface area contributed by atoms with E-state index in [0.29, 0.717) is 18.7 Å². The molecule has 0 aromatic heterocycles. The Hall–Kier alpha value is -2.36. The highest BCUT2D eigenvalue weighted by molar-refractivity contribution is 5.78. The van der Waals surface area contributed by atoms with Crippen LogP contribution >= 0.6 is 0 Å². The van der Waals surface area contributed by atoms with Gasteiger partial charge in [0.05, 0.1) is 13.0 Å². The van der Waals surface area contributed by atoms with Gasteiger partial charge in [-0.3, -0.25) is 4.79 Å². The molecule has 2 aromatic carbocycles. The van der Waals surface area contributed by atoms with E-state index in [-0.39, 0.29) is 18.1 Å². The molecule has 0 spiro atoms. The van der Waals surface area contributed by atoms with Gasteiger partial charge in [-0.1, -0.05) is 43.3 Å². The van der Waals surface area contributed by atoms with E-state index < -0.39 is 0 Å². The second-order valence-electron chi connectivity index (χ2n) is 4.93. The standard InChI is InChI=1S/C18H20FNO2/c1-2-14-7-4-6-10-17(14)22-12-11-20-18(21)13-15-8-3-5-9-16(15)19/h3-10H,2,11-13H2,1H3,(H,20,21). The molecule has 2 aromatic rings. The normalized spacial score (nSPS) is 10.3. The van der Waals surface area contributed by atoms with Gasteiger partial charge in [-0.05, 0) is 29.7 Å². The molecule has 4 heteroatoms. The molecule has 0 aliphatic carbocycles. The lowest BCUT2D eigenvalue weighted by Crippen LogP contribution is -2.29. The fourth-order valence-electron chi connectivity index (χ4n) is 2.17. The van der Waals surface area contributed by atoms with Gasteiger partial charge in [0.25, 0.3) is 0 Å². The predicted octanol–water partition coefficient (Wildman–Crippen LogP) is 3.13. The number of benzene rings is 2. The second-order valence-corrected chi connectivity index (χ2v) is 4.93. The predicted molar refractivity (Wildman–Crippen MR) is 84.4 cm³/mol. The van der Waals surface area contributed by atoms with Crippen molar-refractivity contribution in [2.75, 3.05) is 13.2 Å². The molecular weight excluding hydrogens is 281 g/mol. The molecule has 0 heterocycles. The fourth-order valence-corrected chi connectivity index (χ4v) is 2.17. The lowest BCUT2D eigenvalue weighted by molar-refractivity contribution is -0.120. The Morgan fingerprint density at radius 2 is 1.77 bits per heavy atom. The molecule has 1 amide bonds. The first-order valence-corrected chi connectivity index (χ1v) is 7.41. The van der Waals surface area contributed by atoms with E-state index in [4.69, 9.17) is 4.74 Å². The molecule has 1 N–H and O–H groups in total. The number of amides is 1. The van der Waals surface area contributed by atoms with Gasteiger partial charge in [0.2, 0.25) is 5.91 Å². The maximum absolute atomic E-state index is 13.4. The third-order valence-electron chi connectivity index (χ3n) is 3.34. The van der Waals surface area contributed by atoms with E-state index in [9.17, 15) is 9.18 Å². The lowest BCUT2D eigenvalue weighted by Gasteiger charge is -2.11. The zero-order valence-electron chi connectivity index (χ0n) is 12.6. The van der Waals surface area contributed by atoms with E-state index in [1.807, 2.05) is 24.3 Å². The van der Waals surface area contributed by atoms with Crippen molar-refractivity contribution < 1.29 is 13.9 Å². The van der Waals surface area contributed by atoms with Crippen molar-refractivity contribution in [3.05, 3.63) is 65.5 Å². The summed E-state index contributed by atoms with van der Waals surface area (Å²) in [6, 6.07) is 14.1. The molecule has 22 heavy (non-hydrogen) atoms. The van der Waals surface area contributed by atoms with Gasteiger partial charge >= 0.3 is 0 Å². The molecule has 2 rings (SSSR count). The first kappa shape index (κ1) is 16.0. The lowest BCUT2D eigenvalue weighted by atomic mass is 10.1. The molecule has 3 nitrogen and oxygen atoms in total. The van der Waals surface area contributed by atoms with Crippen LogP contribution in [0.25, 0.3) is 0 Å². The smallest absolute Gasteiger partial charge is 0.224 e. The molecule has 0 saturated carbocycles. The van der Waals surface area contributed by atoms with Crippen molar-refractivity contribution in [1.29, 1.82) is 0 Å². The zero-order chi connectivity index (χ0) is 15.8. The molecule has 0 saturated heterocycles. The summed E-state index contributed by atoms with van der Waals surface area (Å²) in [6.45, 7) is 2.85. The van der Waals surface area contributed by atoms with Crippen molar-refractivity contribution >= 4 is 5.91 Å². The minimum atomic E-state index is -0.356. The summed E-state index contributed by atoms with van der Waals surface area (Å²) in [6.07, 6.45) is 0.939. The fraction of sp³-hybridized carbons (Fsp3) is 0.278. The Morgan fingerprint density at radius 3 is 2.50 bits per heavy atom. The largest absolute Gasteiger partial charge is 0.491 e. The Kier molecular flexibility index (Phi) is 5.95. The molecule has 0 aliphatic heterocycles. The molecule has 0 unspecified atom stereocenters. The molecule has 0 radical (unpaired) electrons. The molecule has 0 aliphatic rings. The van der Waals surface area contributed by atoms with Crippen LogP contribution in [0.15, 0.2) is 48.5 Å². The SMILES string of the molecule is CCc1ccccc1OCCNC(=O)Cc1ccccc1F. The number of ether oxygens (including phenoxy) is 1. The zero-order valence-corrected chi connectivity index (χ0v) is 12.6. The van der Waals surface area contributed by atoms with E-state index in [1.54, 1.807) is 18.2 Å². The van der Waals surface area contributed by atoms with Gasteiger partial charge in [0.15, 0.2) is 0 Å². The van der Waals surface area contributed by atoms with Crippen LogP contribution in [-0.2, 0) is 17.6 Å². The average Bonchev–Trinajstić information content (AvgIpc) is 2.54. The highest BCUT2D eigenvalue weighted by Crippen LogP contribution is 2.17. The monoisotopic (exact) mass is 301 g/mol. The molecule has 0 atom stereocenters. The quantitative estimate of drug-likeness (QED) is 0.798. The van der Waals surface area contributed by atoms with Gasteiger partial charge < -0.3 is 10.1 Å². The maximum Gasteiger partial charge on any atom is 0.224 e. The Morgan fingerprint density at radius 1 is 1.09 bits per heavy atom. The summed E-state index contributed by atoms with van der Waals surface area (Å²) in [7, 11) is 0. The minimum absolute atomic E-state index is 0.0399. The summed E-state index contributed by atoms with van der Waals surface area (Å²) < 4.78 is 19.1. The molecule has 0 bridgehead atoms. The van der Waals surface area contributed by atoms with Crippen molar-refractivity contribution in [2.24, 2.45) is 0 Å². The number of rotatable bonds is 7. The van der Waals surface area contributed by atoms with E-state index in [2.05, 4.69) is 12.2 Å². The third kappa shape index (κ3) is 4.58. The van der Waals surface area contributed by atoms with Gasteiger partial charge in [0, 0.05) is 0 Å². The number of carbonyl (C=O) groups is 1. The van der Waals surface area contributed by atoms with Crippen LogP contribution in [0.2, 0.25) is 0 Å². The Bertz CT molecular complexity index is 628. The van der Waals surface area contributed by atoms with Gasteiger partial charge in [0.1, 0.15) is 18.2 Å². The van der Waals surface area contributed by atoms with E-state index >= 15 is 0 Å². The van der Waals surface area contributed by atoms with Gasteiger partial charge in [-0.25, -0.2) is 4.39 Å². The number of carbonyl (C=O) groups excluding carboxylic acids is 1. The van der Waals surface area contributed by atoms with E-state index in [1.165, 1.54) is 6.07 Å². The molecule has 116 valence electrons. The number of hydrogen-bond acceptors (Lipinski definition) is 2. The van der Waals surface area contributed by atoms with Gasteiger partial charge in [-0.2, -0.15) is 0 Å². The summed E-state index contributed by atoms with van der Waals surface area (Å²) in [5.74, 6) is 0.275. The number of para-hydroxylation sites is 1. The summed E-state index contributed by atoms with van der Waals surface area (Å²) in [4.78, 5) is 11.8. The summed E-state index contributed by atoms with van der Waals surface area (Å²) in [5, 5.41) is 2.74. The maximum atomic E-state index is 13.4. The van der Waals surface area contributed by atoms with E-state index in [0.717, 1.165) is 17.7 Å². The highest BCUT2D eigenvalue weighted by atomic mass is 19.1. The van der Waals surface area contributed by atoms with Crippen LogP contribution in [0.4, 0.5) is 4.39 Å². The summed E-state index contributed by atoms with van der Waals surface area (Å²) >= 11 is 0. The number of nitrogens with one attached hydrogen (secondary N) is 1. The Balaban J connectivity index is 1.75. The minimum Gasteiger partial charge on any atom is -0.491 e. The second kappa shape index (κ2) is 8.17. The van der Waals surface area contributed by atoms with Gasteiger partial charge in [-0.15, -0.1) is 0 Å². The highest BCUT2D eigenvalue weighted by Gasteiger charge is 2.07. The van der Waals surface area contributed by atoms with Crippen LogP contribution in [0.5, 0.6) is 5.75 Å². The number of aryl methyl sites for hydroxylation is 1. The van der Waals surface area contributed by atoms with Crippen LogP contribution in [0.3, 0.4) is 0 Å². The number of halogens is 1. The van der Waals surface area contributed by atoms with Crippen molar-refractivity contribution in [1.82, 2.24) is 5.32 Å². The Labute approximate surface area is 130 Å². The topological polar surface area (TPSA) is 38.3 Å². The van der Waals surface area contributed by atoms with Crippen LogP contribution < -0.4 is 10.1 Å². The average molecular weight is 301 g/mol. The molecule has 0 fully saturated rings. The third-order valence-corrected chi connectivity index (χ3v) is 3.34. The van der Waals surface area contributed by atoms with Crippen molar-refractivity contribution in [3.8, 4) is 5.75 Å².